The second kappa shape index (κ2) is 7.00. The van der Waals surface area contributed by atoms with Crippen molar-refractivity contribution in [2.45, 2.75) is 26.1 Å². The minimum atomic E-state index is -4.37. The summed E-state index contributed by atoms with van der Waals surface area (Å²) in [5.74, 6) is 0.888. The van der Waals surface area contributed by atoms with Crippen molar-refractivity contribution < 1.29 is 13.2 Å². The molecule has 0 spiro atoms. The Morgan fingerprint density at radius 3 is 2.12 bits per heavy atom. The maximum Gasteiger partial charge on any atom is 0.417 e. The summed E-state index contributed by atoms with van der Waals surface area (Å²) in [5.41, 5.74) is 0.443. The van der Waals surface area contributed by atoms with Gasteiger partial charge in [0.2, 0.25) is 0 Å². The molecule has 2 aromatic heterocycles. The SMILES string of the molecule is CC(C)N1CCN(c2ccc(-c3ccc(C(F)(F)F)cn3)cn2)CC1. The lowest BCUT2D eigenvalue weighted by Gasteiger charge is -2.37. The van der Waals surface area contributed by atoms with Gasteiger partial charge in [-0.25, -0.2) is 4.98 Å². The topological polar surface area (TPSA) is 32.3 Å². The van der Waals surface area contributed by atoms with Crippen LogP contribution in [-0.4, -0.2) is 47.1 Å². The number of anilines is 1. The Bertz CT molecular complexity index is 688. The molecule has 0 saturated carbocycles. The largest absolute Gasteiger partial charge is 0.417 e. The molecule has 3 heterocycles. The molecule has 25 heavy (non-hydrogen) atoms. The van der Waals surface area contributed by atoms with Crippen molar-refractivity contribution in [1.82, 2.24) is 14.9 Å². The van der Waals surface area contributed by atoms with Gasteiger partial charge in [0.1, 0.15) is 5.82 Å². The first-order valence-electron chi connectivity index (χ1n) is 8.33. The first-order valence-corrected chi connectivity index (χ1v) is 8.33. The van der Waals surface area contributed by atoms with E-state index < -0.39 is 11.7 Å². The number of hydrogen-bond acceptors (Lipinski definition) is 4. The molecular formula is C18H21F3N4. The van der Waals surface area contributed by atoms with E-state index in [9.17, 15) is 13.2 Å². The van der Waals surface area contributed by atoms with Gasteiger partial charge in [-0.1, -0.05) is 0 Å². The Kier molecular flexibility index (Phi) is 4.94. The second-order valence-corrected chi connectivity index (χ2v) is 6.45. The van der Waals surface area contributed by atoms with Crippen molar-refractivity contribution >= 4 is 5.82 Å². The lowest BCUT2D eigenvalue weighted by Crippen LogP contribution is -2.49. The predicted octanol–water partition coefficient (Wildman–Crippen LogP) is 3.69. The lowest BCUT2D eigenvalue weighted by molar-refractivity contribution is -0.137. The lowest BCUT2D eigenvalue weighted by atomic mass is 10.1. The zero-order valence-electron chi connectivity index (χ0n) is 14.3. The molecule has 1 saturated heterocycles. The Hall–Kier alpha value is -2.15. The van der Waals surface area contributed by atoms with Crippen LogP contribution in [0, 0.1) is 0 Å². The number of rotatable bonds is 3. The van der Waals surface area contributed by atoms with Gasteiger partial charge in [-0.2, -0.15) is 13.2 Å². The smallest absolute Gasteiger partial charge is 0.354 e. The standard InChI is InChI=1S/C18H21F3N4/c1-13(2)24-7-9-25(10-8-24)17-6-3-14(11-23-17)16-5-4-15(12-22-16)18(19,20)21/h3-6,11-13H,7-10H2,1-2H3. The summed E-state index contributed by atoms with van der Waals surface area (Å²) in [6.07, 6.45) is -1.85. The van der Waals surface area contributed by atoms with Crippen molar-refractivity contribution in [3.05, 3.63) is 42.2 Å². The Morgan fingerprint density at radius 1 is 0.920 bits per heavy atom. The molecule has 4 nitrogen and oxygen atoms in total. The number of nitrogens with zero attached hydrogens (tertiary/aromatic N) is 4. The third-order valence-electron chi connectivity index (χ3n) is 4.50. The third-order valence-corrected chi connectivity index (χ3v) is 4.50. The highest BCUT2D eigenvalue weighted by Crippen LogP contribution is 2.29. The van der Waals surface area contributed by atoms with Crippen LogP contribution in [0.4, 0.5) is 19.0 Å². The monoisotopic (exact) mass is 350 g/mol. The predicted molar refractivity (Wildman–Crippen MR) is 91.4 cm³/mol. The second-order valence-electron chi connectivity index (χ2n) is 6.45. The maximum atomic E-state index is 12.6. The minimum Gasteiger partial charge on any atom is -0.354 e. The molecule has 1 fully saturated rings. The van der Waals surface area contributed by atoms with Crippen molar-refractivity contribution in [2.75, 3.05) is 31.1 Å². The number of pyridine rings is 2. The van der Waals surface area contributed by atoms with Crippen LogP contribution in [0.5, 0.6) is 0 Å². The molecule has 0 bridgehead atoms. The molecule has 0 aliphatic carbocycles. The zero-order valence-corrected chi connectivity index (χ0v) is 14.3. The van der Waals surface area contributed by atoms with Crippen LogP contribution in [0.25, 0.3) is 11.3 Å². The van der Waals surface area contributed by atoms with Gasteiger partial charge in [-0.3, -0.25) is 9.88 Å². The van der Waals surface area contributed by atoms with E-state index in [1.54, 1.807) is 6.20 Å². The zero-order chi connectivity index (χ0) is 18.0. The van der Waals surface area contributed by atoms with Crippen LogP contribution in [0.15, 0.2) is 36.7 Å². The molecule has 1 aliphatic rings. The van der Waals surface area contributed by atoms with E-state index in [1.807, 2.05) is 12.1 Å². The molecule has 2 aromatic rings. The molecule has 0 unspecified atom stereocenters. The summed E-state index contributed by atoms with van der Waals surface area (Å²) in [7, 11) is 0. The van der Waals surface area contributed by atoms with Gasteiger partial charge >= 0.3 is 6.18 Å². The Balaban J connectivity index is 1.68. The van der Waals surface area contributed by atoms with Gasteiger partial charge < -0.3 is 4.90 Å². The van der Waals surface area contributed by atoms with Gasteiger partial charge in [0, 0.05) is 50.2 Å². The number of alkyl halides is 3. The van der Waals surface area contributed by atoms with E-state index >= 15 is 0 Å². The molecular weight excluding hydrogens is 329 g/mol. The highest BCUT2D eigenvalue weighted by atomic mass is 19.4. The number of halogens is 3. The summed E-state index contributed by atoms with van der Waals surface area (Å²) in [5, 5.41) is 0. The van der Waals surface area contributed by atoms with Gasteiger partial charge in [0.25, 0.3) is 0 Å². The van der Waals surface area contributed by atoms with Crippen molar-refractivity contribution in [3.8, 4) is 11.3 Å². The molecule has 134 valence electrons. The van der Waals surface area contributed by atoms with E-state index in [-0.39, 0.29) is 0 Å². The average molecular weight is 350 g/mol. The normalized spacial score (nSPS) is 16.5. The third kappa shape index (κ3) is 4.10. The summed E-state index contributed by atoms with van der Waals surface area (Å²) < 4.78 is 37.8. The number of hydrogen-bond donors (Lipinski definition) is 0. The average Bonchev–Trinajstić information content (AvgIpc) is 2.61. The molecule has 0 radical (unpaired) electrons. The van der Waals surface area contributed by atoms with Gasteiger partial charge in [0.05, 0.1) is 11.3 Å². The molecule has 0 atom stereocenters. The summed E-state index contributed by atoms with van der Waals surface area (Å²) in [4.78, 5) is 13.0. The highest BCUT2D eigenvalue weighted by Gasteiger charge is 2.30. The van der Waals surface area contributed by atoms with E-state index in [0.717, 1.165) is 44.3 Å². The van der Waals surface area contributed by atoms with Crippen LogP contribution < -0.4 is 4.90 Å². The highest BCUT2D eigenvalue weighted by molar-refractivity contribution is 5.60. The Morgan fingerprint density at radius 2 is 1.64 bits per heavy atom. The van der Waals surface area contributed by atoms with Gasteiger partial charge in [-0.05, 0) is 38.1 Å². The van der Waals surface area contributed by atoms with Crippen LogP contribution >= 0.6 is 0 Å². The summed E-state index contributed by atoms with van der Waals surface area (Å²) >= 11 is 0. The first kappa shape index (κ1) is 17.7. The quantitative estimate of drug-likeness (QED) is 0.845. The molecule has 0 amide bonds. The molecule has 7 heteroatoms. The molecule has 0 N–H and O–H groups in total. The van der Waals surface area contributed by atoms with Gasteiger partial charge in [-0.15, -0.1) is 0 Å². The van der Waals surface area contributed by atoms with E-state index in [4.69, 9.17) is 0 Å². The first-order chi connectivity index (χ1) is 11.8. The molecule has 0 aromatic carbocycles. The van der Waals surface area contributed by atoms with Gasteiger partial charge in [0.15, 0.2) is 0 Å². The van der Waals surface area contributed by atoms with E-state index in [1.165, 1.54) is 6.07 Å². The minimum absolute atomic E-state index is 0.483. The van der Waals surface area contributed by atoms with Crippen LogP contribution in [0.2, 0.25) is 0 Å². The van der Waals surface area contributed by atoms with Crippen molar-refractivity contribution in [2.24, 2.45) is 0 Å². The summed E-state index contributed by atoms with van der Waals surface area (Å²) in [6.45, 7) is 8.23. The number of piperazine rings is 1. The maximum absolute atomic E-state index is 12.6. The van der Waals surface area contributed by atoms with Crippen molar-refractivity contribution in [3.63, 3.8) is 0 Å². The van der Waals surface area contributed by atoms with E-state index in [2.05, 4.69) is 33.6 Å². The van der Waals surface area contributed by atoms with E-state index in [0.29, 0.717) is 17.3 Å². The fourth-order valence-electron chi connectivity index (χ4n) is 2.92. The molecule has 3 rings (SSSR count). The van der Waals surface area contributed by atoms with Crippen LogP contribution in [-0.2, 0) is 6.18 Å². The fraction of sp³-hybridized carbons (Fsp3) is 0.444. The number of aromatic nitrogens is 2. The Labute approximate surface area is 145 Å². The van der Waals surface area contributed by atoms with Crippen LogP contribution in [0.1, 0.15) is 19.4 Å². The van der Waals surface area contributed by atoms with Crippen LogP contribution in [0.3, 0.4) is 0 Å². The fourth-order valence-corrected chi connectivity index (χ4v) is 2.92. The molecule has 1 aliphatic heterocycles. The summed E-state index contributed by atoms with van der Waals surface area (Å²) in [6, 6.07) is 6.72. The van der Waals surface area contributed by atoms with Crippen molar-refractivity contribution in [1.29, 1.82) is 0 Å².